The molecule has 3 aromatic rings. The third-order valence-electron chi connectivity index (χ3n) is 6.15. The van der Waals surface area contributed by atoms with Crippen LogP contribution in [0.5, 0.6) is 0 Å². The number of aryl methyl sites for hydroxylation is 1. The van der Waals surface area contributed by atoms with Crippen molar-refractivity contribution in [1.82, 2.24) is 20.1 Å². The van der Waals surface area contributed by atoms with Crippen LogP contribution in [0.1, 0.15) is 38.6 Å². The van der Waals surface area contributed by atoms with Crippen LogP contribution in [0, 0.1) is 6.92 Å². The van der Waals surface area contributed by atoms with Gasteiger partial charge >= 0.3 is 6.18 Å². The lowest BCUT2D eigenvalue weighted by Crippen LogP contribution is -2.41. The van der Waals surface area contributed by atoms with Gasteiger partial charge in [0, 0.05) is 39.3 Å². The molecule has 10 heteroatoms. The number of rotatable bonds is 10. The van der Waals surface area contributed by atoms with Gasteiger partial charge in [-0.25, -0.2) is 4.98 Å². The zero-order chi connectivity index (χ0) is 26.3. The van der Waals surface area contributed by atoms with Crippen LogP contribution in [0.25, 0.3) is 0 Å². The monoisotopic (exact) mass is 516 g/mol. The van der Waals surface area contributed by atoms with Crippen molar-refractivity contribution in [3.63, 3.8) is 0 Å². The number of oxazole rings is 1. The number of hydrogen-bond acceptors (Lipinski definition) is 6. The van der Waals surface area contributed by atoms with Gasteiger partial charge in [0.2, 0.25) is 5.89 Å². The number of nitrogens with one attached hydrogen (secondary N) is 1. The Hall–Kier alpha value is -3.21. The second-order valence-corrected chi connectivity index (χ2v) is 9.17. The van der Waals surface area contributed by atoms with E-state index in [0.717, 1.165) is 42.9 Å². The molecule has 1 aliphatic heterocycles. The number of ether oxygens (including phenoxy) is 1. The molecule has 1 saturated heterocycles. The first-order chi connectivity index (χ1) is 17.8. The Labute approximate surface area is 214 Å². The van der Waals surface area contributed by atoms with Crippen molar-refractivity contribution in [3.8, 4) is 0 Å². The average molecular weight is 517 g/mol. The highest BCUT2D eigenvalue weighted by Gasteiger charge is 2.30. The van der Waals surface area contributed by atoms with E-state index in [1.165, 1.54) is 12.3 Å². The molecule has 198 valence electrons. The average Bonchev–Trinajstić information content (AvgIpc) is 3.34. The number of amides is 1. The molecule has 37 heavy (non-hydrogen) atoms. The van der Waals surface area contributed by atoms with Crippen molar-refractivity contribution in [2.24, 2.45) is 0 Å². The predicted molar refractivity (Wildman–Crippen MR) is 132 cm³/mol. The minimum atomic E-state index is -4.41. The smallest absolute Gasteiger partial charge is 0.416 e. The van der Waals surface area contributed by atoms with E-state index < -0.39 is 11.7 Å². The number of carbonyl (C=O) groups excluding carboxylic acids is 1. The molecule has 2 aromatic carbocycles. The molecule has 0 unspecified atom stereocenters. The third kappa shape index (κ3) is 8.14. The molecular formula is C27H31F3N4O3. The van der Waals surface area contributed by atoms with Crippen LogP contribution in [0.3, 0.4) is 0 Å². The molecule has 1 amide bonds. The summed E-state index contributed by atoms with van der Waals surface area (Å²) in [7, 11) is 0. The molecule has 0 aliphatic carbocycles. The first-order valence-corrected chi connectivity index (χ1v) is 12.2. The van der Waals surface area contributed by atoms with E-state index in [-0.39, 0.29) is 24.7 Å². The molecule has 1 aromatic heterocycles. The fraction of sp³-hybridized carbons (Fsp3) is 0.407. The molecule has 0 bridgehead atoms. The molecule has 0 atom stereocenters. The maximum absolute atomic E-state index is 13.2. The topological polar surface area (TPSA) is 70.8 Å². The summed E-state index contributed by atoms with van der Waals surface area (Å²) in [6.07, 6.45) is -3.10. The zero-order valence-electron chi connectivity index (χ0n) is 20.8. The van der Waals surface area contributed by atoms with Gasteiger partial charge in [-0.3, -0.25) is 14.6 Å². The lowest BCUT2D eigenvalue weighted by Gasteiger charge is -2.26. The van der Waals surface area contributed by atoms with Crippen LogP contribution >= 0.6 is 0 Å². The number of benzene rings is 2. The molecule has 1 N–H and O–H groups in total. The van der Waals surface area contributed by atoms with E-state index in [4.69, 9.17) is 9.15 Å². The van der Waals surface area contributed by atoms with Crippen LogP contribution in [-0.4, -0.2) is 60.1 Å². The Bertz CT molecular complexity index is 1160. The Morgan fingerprint density at radius 3 is 2.51 bits per heavy atom. The highest BCUT2D eigenvalue weighted by molar-refractivity contribution is 5.91. The summed E-state index contributed by atoms with van der Waals surface area (Å²) in [4.78, 5) is 21.0. The maximum atomic E-state index is 13.2. The summed E-state index contributed by atoms with van der Waals surface area (Å²) in [5.41, 5.74) is 2.13. The molecule has 1 fully saturated rings. The standard InChI is InChI=1S/C27H31F3N4O3/c1-20-5-7-21(8-6-20)16-34(17-22-3-2-4-23(15-22)27(28,29)30)18-25-32-24(19-37-25)26(35)31-9-10-33-11-13-36-14-12-33/h2-8,15,19H,9-14,16-18H2,1H3,(H,31,35). The number of alkyl halides is 3. The first-order valence-electron chi connectivity index (χ1n) is 12.2. The van der Waals surface area contributed by atoms with E-state index in [1.54, 1.807) is 6.07 Å². The summed E-state index contributed by atoms with van der Waals surface area (Å²) >= 11 is 0. The maximum Gasteiger partial charge on any atom is 0.416 e. The van der Waals surface area contributed by atoms with E-state index in [1.807, 2.05) is 36.1 Å². The van der Waals surface area contributed by atoms with Crippen molar-refractivity contribution in [2.45, 2.75) is 32.7 Å². The Morgan fingerprint density at radius 1 is 1.05 bits per heavy atom. The normalized spacial score (nSPS) is 14.7. The predicted octanol–water partition coefficient (Wildman–Crippen LogP) is 4.27. The molecule has 2 heterocycles. The molecular weight excluding hydrogens is 485 g/mol. The van der Waals surface area contributed by atoms with Crippen molar-refractivity contribution in [1.29, 1.82) is 0 Å². The highest BCUT2D eigenvalue weighted by atomic mass is 19.4. The van der Waals surface area contributed by atoms with Crippen LogP contribution in [0.2, 0.25) is 0 Å². The van der Waals surface area contributed by atoms with Crippen LogP contribution in [0.4, 0.5) is 13.2 Å². The van der Waals surface area contributed by atoms with Crippen LogP contribution in [0.15, 0.2) is 59.2 Å². The summed E-state index contributed by atoms with van der Waals surface area (Å²) in [6.45, 7) is 7.22. The number of aromatic nitrogens is 1. The minimum Gasteiger partial charge on any atom is -0.447 e. The molecule has 0 radical (unpaired) electrons. The number of carbonyl (C=O) groups is 1. The Balaban J connectivity index is 1.41. The van der Waals surface area contributed by atoms with Gasteiger partial charge in [0.1, 0.15) is 6.26 Å². The summed E-state index contributed by atoms with van der Waals surface area (Å²) in [5.74, 6) is -0.0105. The van der Waals surface area contributed by atoms with Gasteiger partial charge in [0.25, 0.3) is 5.91 Å². The van der Waals surface area contributed by atoms with Crippen molar-refractivity contribution in [3.05, 3.63) is 88.6 Å². The molecule has 0 saturated carbocycles. The quantitative estimate of drug-likeness (QED) is 0.434. The Kier molecular flexibility index (Phi) is 8.96. The van der Waals surface area contributed by atoms with Crippen molar-refractivity contribution >= 4 is 5.91 Å². The summed E-state index contributed by atoms with van der Waals surface area (Å²) in [5, 5.41) is 2.85. The van der Waals surface area contributed by atoms with Crippen molar-refractivity contribution in [2.75, 3.05) is 39.4 Å². The SMILES string of the molecule is Cc1ccc(CN(Cc2cccc(C(F)(F)F)c2)Cc2nc(C(=O)NCCN3CCOCC3)co2)cc1. The van der Waals surface area contributed by atoms with Gasteiger partial charge in [0.15, 0.2) is 5.69 Å². The second-order valence-electron chi connectivity index (χ2n) is 9.17. The van der Waals surface area contributed by atoms with Gasteiger partial charge in [-0.05, 0) is 24.1 Å². The van der Waals surface area contributed by atoms with Crippen LogP contribution in [-0.2, 0) is 30.5 Å². The van der Waals surface area contributed by atoms with Crippen LogP contribution < -0.4 is 5.32 Å². The minimum absolute atomic E-state index is 0.173. The number of halogens is 3. The summed E-state index contributed by atoms with van der Waals surface area (Å²) < 4.78 is 50.6. The van der Waals surface area contributed by atoms with E-state index in [0.29, 0.717) is 37.8 Å². The van der Waals surface area contributed by atoms with Gasteiger partial charge in [-0.1, -0.05) is 48.0 Å². The zero-order valence-corrected chi connectivity index (χ0v) is 20.8. The highest BCUT2D eigenvalue weighted by Crippen LogP contribution is 2.30. The lowest BCUT2D eigenvalue weighted by molar-refractivity contribution is -0.137. The second kappa shape index (κ2) is 12.4. The number of nitrogens with zero attached hydrogens (tertiary/aromatic N) is 3. The Morgan fingerprint density at radius 2 is 1.78 bits per heavy atom. The van der Waals surface area contributed by atoms with Gasteiger partial charge in [0.05, 0.1) is 25.3 Å². The van der Waals surface area contributed by atoms with E-state index in [9.17, 15) is 18.0 Å². The largest absolute Gasteiger partial charge is 0.447 e. The molecule has 4 rings (SSSR count). The molecule has 7 nitrogen and oxygen atoms in total. The molecule has 1 aliphatic rings. The molecule has 0 spiro atoms. The summed E-state index contributed by atoms with van der Waals surface area (Å²) in [6, 6.07) is 13.2. The van der Waals surface area contributed by atoms with Gasteiger partial charge in [-0.2, -0.15) is 13.2 Å². The third-order valence-corrected chi connectivity index (χ3v) is 6.15. The van der Waals surface area contributed by atoms with Gasteiger partial charge in [-0.15, -0.1) is 0 Å². The van der Waals surface area contributed by atoms with Gasteiger partial charge < -0.3 is 14.5 Å². The fourth-order valence-corrected chi connectivity index (χ4v) is 4.15. The first kappa shape index (κ1) is 26.8. The van der Waals surface area contributed by atoms with E-state index in [2.05, 4.69) is 15.2 Å². The fourth-order valence-electron chi connectivity index (χ4n) is 4.15. The number of morpholine rings is 1. The van der Waals surface area contributed by atoms with E-state index >= 15 is 0 Å². The van der Waals surface area contributed by atoms with Crippen molar-refractivity contribution < 1.29 is 27.1 Å². The number of hydrogen-bond donors (Lipinski definition) is 1. The lowest BCUT2D eigenvalue weighted by atomic mass is 10.1.